The quantitative estimate of drug-likeness (QED) is 0.283. The number of aromatic nitrogens is 3. The Labute approximate surface area is 214 Å². The fourth-order valence-corrected chi connectivity index (χ4v) is 5.58. The molecule has 176 valence electrons. The first-order valence-corrected chi connectivity index (χ1v) is 13.3. The molecule has 0 bridgehead atoms. The lowest BCUT2D eigenvalue weighted by Gasteiger charge is -2.35. The van der Waals surface area contributed by atoms with Crippen LogP contribution in [0.4, 0.5) is 5.69 Å². The van der Waals surface area contributed by atoms with Crippen molar-refractivity contribution in [3.63, 3.8) is 0 Å². The molecule has 0 aliphatic carbocycles. The molecule has 2 aromatic heterocycles. The maximum atomic E-state index is 6.19. The minimum Gasteiger partial charge on any atom is -0.369 e. The van der Waals surface area contributed by atoms with Gasteiger partial charge in [0.05, 0.1) is 6.67 Å². The van der Waals surface area contributed by atoms with Crippen LogP contribution in [-0.4, -0.2) is 45.4 Å². The van der Waals surface area contributed by atoms with Crippen molar-refractivity contribution in [1.82, 2.24) is 19.2 Å². The lowest BCUT2D eigenvalue weighted by Crippen LogP contribution is -2.47. The van der Waals surface area contributed by atoms with Gasteiger partial charge in [0.1, 0.15) is 5.82 Å². The predicted molar refractivity (Wildman–Crippen MR) is 144 cm³/mol. The lowest BCUT2D eigenvalue weighted by atomic mass is 10.1. The second kappa shape index (κ2) is 10.9. The summed E-state index contributed by atoms with van der Waals surface area (Å²) in [6.45, 7) is 5.41. The summed E-state index contributed by atoms with van der Waals surface area (Å²) in [5, 5.41) is 7.89. The summed E-state index contributed by atoms with van der Waals surface area (Å²) in [6.07, 6.45) is 1.75. The molecule has 1 fully saturated rings. The van der Waals surface area contributed by atoms with Crippen LogP contribution in [0, 0.1) is 4.77 Å². The molecule has 0 saturated carbocycles. The highest BCUT2D eigenvalue weighted by atomic mass is 35.5. The van der Waals surface area contributed by atoms with Crippen LogP contribution < -0.4 is 4.90 Å². The first-order valence-electron chi connectivity index (χ1n) is 11.6. The van der Waals surface area contributed by atoms with Gasteiger partial charge in [-0.25, -0.2) is 4.68 Å². The van der Waals surface area contributed by atoms with Crippen LogP contribution in [0.15, 0.2) is 72.1 Å². The number of piperazine rings is 1. The Morgan fingerprint density at radius 3 is 2.50 bits per heavy atom. The van der Waals surface area contributed by atoms with Gasteiger partial charge in [0, 0.05) is 54.7 Å². The monoisotopic (exact) mass is 509 g/mol. The number of hydrogen-bond acceptors (Lipinski definition) is 5. The molecular formula is C26H28ClN5S2. The van der Waals surface area contributed by atoms with Gasteiger partial charge in [-0.1, -0.05) is 54.1 Å². The molecule has 8 heteroatoms. The van der Waals surface area contributed by atoms with Gasteiger partial charge < -0.3 is 9.47 Å². The van der Waals surface area contributed by atoms with E-state index in [0.717, 1.165) is 67.9 Å². The van der Waals surface area contributed by atoms with Gasteiger partial charge in [-0.2, -0.15) is 5.10 Å². The Hall–Kier alpha value is -2.45. The largest absolute Gasteiger partial charge is 0.369 e. The molecule has 3 heterocycles. The first-order chi connectivity index (χ1) is 16.7. The van der Waals surface area contributed by atoms with Gasteiger partial charge in [-0.15, -0.1) is 11.3 Å². The summed E-state index contributed by atoms with van der Waals surface area (Å²) < 4.78 is 5.04. The maximum absolute atomic E-state index is 6.19. The molecule has 0 atom stereocenters. The first kappa shape index (κ1) is 23.3. The molecule has 4 aromatic rings. The number of halogens is 1. The van der Waals surface area contributed by atoms with Gasteiger partial charge in [0.25, 0.3) is 0 Å². The van der Waals surface area contributed by atoms with E-state index < -0.39 is 0 Å². The van der Waals surface area contributed by atoms with E-state index in [2.05, 4.69) is 68.3 Å². The van der Waals surface area contributed by atoms with E-state index in [-0.39, 0.29) is 0 Å². The van der Waals surface area contributed by atoms with Gasteiger partial charge in [0.15, 0.2) is 4.77 Å². The van der Waals surface area contributed by atoms with E-state index in [1.807, 2.05) is 22.9 Å². The van der Waals surface area contributed by atoms with Crippen LogP contribution in [-0.2, 0) is 26.1 Å². The number of hydrogen-bond donors (Lipinski definition) is 0. The predicted octanol–water partition coefficient (Wildman–Crippen LogP) is 5.74. The molecule has 1 aliphatic heterocycles. The summed E-state index contributed by atoms with van der Waals surface area (Å²) in [6, 6.07) is 23.0. The van der Waals surface area contributed by atoms with Gasteiger partial charge in [-0.05, 0) is 53.8 Å². The van der Waals surface area contributed by atoms with Crippen molar-refractivity contribution in [2.24, 2.45) is 0 Å². The minimum absolute atomic E-state index is 0.720. The average Bonchev–Trinajstić information content (AvgIpc) is 3.47. The van der Waals surface area contributed by atoms with Crippen molar-refractivity contribution >= 4 is 40.8 Å². The topological polar surface area (TPSA) is 29.2 Å². The number of aryl methyl sites for hydroxylation is 1. The Balaban J connectivity index is 1.29. The summed E-state index contributed by atoms with van der Waals surface area (Å²) >= 11 is 13.9. The number of anilines is 1. The zero-order chi connectivity index (χ0) is 23.3. The fraction of sp³-hybridized carbons (Fsp3) is 0.308. The molecule has 5 nitrogen and oxygen atoms in total. The van der Waals surface area contributed by atoms with Crippen molar-refractivity contribution in [1.29, 1.82) is 0 Å². The van der Waals surface area contributed by atoms with Crippen molar-refractivity contribution in [3.8, 4) is 0 Å². The highest BCUT2D eigenvalue weighted by Gasteiger charge is 2.20. The third kappa shape index (κ3) is 5.61. The van der Waals surface area contributed by atoms with Crippen LogP contribution in [0.3, 0.4) is 0 Å². The van der Waals surface area contributed by atoms with Crippen LogP contribution in [0.2, 0.25) is 5.02 Å². The number of nitrogens with zero attached hydrogens (tertiary/aromatic N) is 5. The molecule has 0 N–H and O–H groups in total. The fourth-order valence-electron chi connectivity index (χ4n) is 4.40. The van der Waals surface area contributed by atoms with E-state index in [1.165, 1.54) is 16.1 Å². The molecule has 0 spiro atoms. The number of rotatable bonds is 8. The van der Waals surface area contributed by atoms with E-state index in [1.54, 1.807) is 11.3 Å². The summed E-state index contributed by atoms with van der Waals surface area (Å²) in [5.74, 6) is 1.04. The molecular weight excluding hydrogens is 482 g/mol. The lowest BCUT2D eigenvalue weighted by molar-refractivity contribution is 0.194. The van der Waals surface area contributed by atoms with Crippen molar-refractivity contribution < 1.29 is 0 Å². The van der Waals surface area contributed by atoms with Crippen LogP contribution >= 0.6 is 35.2 Å². The third-order valence-corrected chi connectivity index (χ3v) is 7.80. The van der Waals surface area contributed by atoms with Gasteiger partial charge in [0.2, 0.25) is 0 Å². The normalized spacial score (nSPS) is 14.6. The Morgan fingerprint density at radius 1 is 0.941 bits per heavy atom. The smallest absolute Gasteiger partial charge is 0.199 e. The van der Waals surface area contributed by atoms with Crippen molar-refractivity contribution in [3.05, 3.63) is 98.2 Å². The molecule has 5 rings (SSSR count). The van der Waals surface area contributed by atoms with E-state index >= 15 is 0 Å². The van der Waals surface area contributed by atoms with E-state index in [9.17, 15) is 0 Å². The number of benzene rings is 2. The van der Waals surface area contributed by atoms with Crippen molar-refractivity contribution in [2.45, 2.75) is 26.1 Å². The molecule has 1 saturated heterocycles. The molecule has 0 radical (unpaired) electrons. The zero-order valence-electron chi connectivity index (χ0n) is 19.0. The van der Waals surface area contributed by atoms with Crippen molar-refractivity contribution in [2.75, 3.05) is 31.1 Å². The van der Waals surface area contributed by atoms with Gasteiger partial charge >= 0.3 is 0 Å². The summed E-state index contributed by atoms with van der Waals surface area (Å²) in [7, 11) is 0. The molecule has 0 amide bonds. The Kier molecular flexibility index (Phi) is 7.45. The molecule has 1 aliphatic rings. The molecule has 2 aromatic carbocycles. The molecule has 34 heavy (non-hydrogen) atoms. The highest BCUT2D eigenvalue weighted by molar-refractivity contribution is 7.71. The summed E-state index contributed by atoms with van der Waals surface area (Å²) in [4.78, 5) is 6.13. The standard InChI is InChI=1S/C26H28ClN5S2/c27-22-8-4-9-23(18-22)30-15-13-29(14-16-30)20-32-26(33)31(12-11-21-6-2-1-3-7-21)25(28-32)19-24-10-5-17-34-24/h1-10,17-18H,11-16,19-20H2. The maximum Gasteiger partial charge on any atom is 0.199 e. The van der Waals surface area contributed by atoms with Crippen LogP contribution in [0.5, 0.6) is 0 Å². The number of thiophene rings is 1. The third-order valence-electron chi connectivity index (χ3n) is 6.26. The second-order valence-corrected chi connectivity index (χ2v) is 10.4. The summed E-state index contributed by atoms with van der Waals surface area (Å²) in [5.41, 5.74) is 2.50. The highest BCUT2D eigenvalue weighted by Crippen LogP contribution is 2.21. The van der Waals surface area contributed by atoms with E-state index in [4.69, 9.17) is 28.9 Å². The zero-order valence-corrected chi connectivity index (χ0v) is 21.4. The Morgan fingerprint density at radius 2 is 1.76 bits per heavy atom. The van der Waals surface area contributed by atoms with Gasteiger partial charge in [-0.3, -0.25) is 4.90 Å². The second-order valence-electron chi connectivity index (χ2n) is 8.57. The average molecular weight is 510 g/mol. The van der Waals surface area contributed by atoms with E-state index in [0.29, 0.717) is 0 Å². The Bertz CT molecular complexity index is 1260. The SMILES string of the molecule is S=c1n(CN2CCN(c3cccc(Cl)c3)CC2)nc(Cc2cccs2)n1CCc1ccccc1. The van der Waals surface area contributed by atoms with Crippen LogP contribution in [0.1, 0.15) is 16.3 Å². The minimum atomic E-state index is 0.720. The van der Waals surface area contributed by atoms with Crippen LogP contribution in [0.25, 0.3) is 0 Å². The molecule has 0 unspecified atom stereocenters.